The summed E-state index contributed by atoms with van der Waals surface area (Å²) in [5, 5.41) is 0. The second-order valence-corrected chi connectivity index (χ2v) is 5.38. The van der Waals surface area contributed by atoms with Crippen molar-refractivity contribution in [3.63, 3.8) is 0 Å². The second kappa shape index (κ2) is 11.1. The van der Waals surface area contributed by atoms with E-state index in [0.29, 0.717) is 44.6 Å². The maximum absolute atomic E-state index is 11.8. The summed E-state index contributed by atoms with van der Waals surface area (Å²) >= 11 is 5.49. The topological polar surface area (TPSA) is 52.6 Å². The molecule has 0 radical (unpaired) electrons. The lowest BCUT2D eigenvalue weighted by Gasteiger charge is -2.05. The smallest absolute Gasteiger partial charge is 0.305 e. The molecule has 0 unspecified atom stereocenters. The summed E-state index contributed by atoms with van der Waals surface area (Å²) in [6.07, 6.45) is 3.22. The Bertz CT molecular complexity index is 456. The molecule has 0 N–H and O–H groups in total. The molecule has 0 saturated heterocycles. The van der Waals surface area contributed by atoms with Crippen LogP contribution in [0.3, 0.4) is 0 Å². The van der Waals surface area contributed by atoms with Crippen LogP contribution in [0.15, 0.2) is 24.3 Å². The summed E-state index contributed by atoms with van der Waals surface area (Å²) in [4.78, 5) is 23.0. The molecule has 0 amide bonds. The van der Waals surface area contributed by atoms with Crippen LogP contribution in [-0.2, 0) is 20.7 Å². The van der Waals surface area contributed by atoms with Gasteiger partial charge >= 0.3 is 5.97 Å². The number of benzene rings is 1. The number of methoxy groups -OCH3 is 1. The Morgan fingerprint density at radius 3 is 2.41 bits per heavy atom. The number of carbonyl (C=O) groups is 2. The van der Waals surface area contributed by atoms with Crippen molar-refractivity contribution < 1.29 is 19.1 Å². The summed E-state index contributed by atoms with van der Waals surface area (Å²) in [7, 11) is 1.63. The van der Waals surface area contributed by atoms with Crippen LogP contribution in [0.25, 0.3) is 0 Å². The van der Waals surface area contributed by atoms with Crippen LogP contribution in [0.2, 0.25) is 0 Å². The van der Waals surface area contributed by atoms with E-state index in [9.17, 15) is 9.59 Å². The molecule has 22 heavy (non-hydrogen) atoms. The number of rotatable bonds is 11. The maximum Gasteiger partial charge on any atom is 0.305 e. The Hall–Kier alpha value is -1.55. The van der Waals surface area contributed by atoms with E-state index in [1.807, 2.05) is 24.3 Å². The Morgan fingerprint density at radius 1 is 1.05 bits per heavy atom. The van der Waals surface area contributed by atoms with Gasteiger partial charge in [0, 0.05) is 25.1 Å². The minimum Gasteiger partial charge on any atom is -0.497 e. The summed E-state index contributed by atoms with van der Waals surface area (Å²) in [6.45, 7) is 0.301. The van der Waals surface area contributed by atoms with E-state index in [1.54, 1.807) is 7.11 Å². The Kier molecular flexibility index (Phi) is 9.31. The van der Waals surface area contributed by atoms with Gasteiger partial charge in [0.05, 0.1) is 13.7 Å². The van der Waals surface area contributed by atoms with Crippen molar-refractivity contribution in [2.75, 3.05) is 19.6 Å². The van der Waals surface area contributed by atoms with Crippen molar-refractivity contribution in [1.29, 1.82) is 0 Å². The molecular weight excluding hydrogens is 304 g/mol. The molecule has 0 aliphatic rings. The zero-order chi connectivity index (χ0) is 16.2. The lowest BCUT2D eigenvalue weighted by Crippen LogP contribution is -2.08. The van der Waals surface area contributed by atoms with Gasteiger partial charge in [-0.1, -0.05) is 12.1 Å². The van der Waals surface area contributed by atoms with Crippen molar-refractivity contribution in [3.8, 4) is 5.75 Å². The summed E-state index contributed by atoms with van der Waals surface area (Å²) in [6, 6.07) is 7.70. The first-order valence-electron chi connectivity index (χ1n) is 7.52. The van der Waals surface area contributed by atoms with Crippen LogP contribution in [0.4, 0.5) is 0 Å². The second-order valence-electron chi connectivity index (χ2n) is 5.00. The van der Waals surface area contributed by atoms with Gasteiger partial charge in [0.2, 0.25) is 0 Å². The zero-order valence-electron chi connectivity index (χ0n) is 13.0. The first kappa shape index (κ1) is 18.5. The van der Waals surface area contributed by atoms with E-state index < -0.39 is 0 Å². The summed E-state index contributed by atoms with van der Waals surface area (Å²) in [5.41, 5.74) is 1.11. The lowest BCUT2D eigenvalue weighted by molar-refractivity contribution is -0.144. The molecule has 4 nitrogen and oxygen atoms in total. The first-order valence-corrected chi connectivity index (χ1v) is 8.05. The van der Waals surface area contributed by atoms with Gasteiger partial charge < -0.3 is 9.47 Å². The molecule has 0 bridgehead atoms. The molecule has 5 heteroatoms. The highest BCUT2D eigenvalue weighted by Crippen LogP contribution is 2.13. The number of alkyl halides is 1. The summed E-state index contributed by atoms with van der Waals surface area (Å²) < 4.78 is 10.1. The predicted octanol–water partition coefficient (Wildman–Crippen LogP) is 3.54. The van der Waals surface area contributed by atoms with E-state index in [0.717, 1.165) is 17.7 Å². The molecule has 0 atom stereocenters. The molecule has 0 aliphatic carbocycles. The van der Waals surface area contributed by atoms with E-state index in [-0.39, 0.29) is 11.8 Å². The van der Waals surface area contributed by atoms with E-state index in [4.69, 9.17) is 21.1 Å². The Labute approximate surface area is 136 Å². The summed E-state index contributed by atoms with van der Waals surface area (Å²) in [5.74, 6) is 1.21. The lowest BCUT2D eigenvalue weighted by atomic mass is 10.1. The fraction of sp³-hybridized carbons (Fsp3) is 0.529. The number of carbonyl (C=O) groups excluding carboxylic acids is 2. The third-order valence-corrected chi connectivity index (χ3v) is 3.50. The fourth-order valence-electron chi connectivity index (χ4n) is 1.94. The van der Waals surface area contributed by atoms with Crippen LogP contribution in [-0.4, -0.2) is 31.3 Å². The molecule has 1 aromatic carbocycles. The molecule has 0 aromatic heterocycles. The highest BCUT2D eigenvalue weighted by atomic mass is 35.5. The number of Topliss-reactive ketones (excluding diaryl/α,β-unsaturated/α-hetero) is 1. The number of hydrogen-bond donors (Lipinski definition) is 0. The van der Waals surface area contributed by atoms with Gasteiger partial charge in [-0.3, -0.25) is 9.59 Å². The quantitative estimate of drug-likeness (QED) is 0.354. The Balaban J connectivity index is 2.11. The van der Waals surface area contributed by atoms with Crippen LogP contribution in [0, 0.1) is 0 Å². The van der Waals surface area contributed by atoms with Crippen LogP contribution < -0.4 is 4.74 Å². The van der Waals surface area contributed by atoms with Crippen LogP contribution >= 0.6 is 11.6 Å². The maximum atomic E-state index is 11.8. The molecule has 0 saturated carbocycles. The molecule has 1 aromatic rings. The predicted molar refractivity (Wildman–Crippen MR) is 86.5 cm³/mol. The van der Waals surface area contributed by atoms with Crippen molar-refractivity contribution in [3.05, 3.63) is 29.8 Å². The van der Waals surface area contributed by atoms with Crippen molar-refractivity contribution in [2.24, 2.45) is 0 Å². The van der Waals surface area contributed by atoms with Gasteiger partial charge in [-0.15, -0.1) is 11.6 Å². The standard InChI is InChI=1S/C17H23ClO4/c1-21-16-10-7-14(8-11-16)6-9-15(19)4-3-13-22-17(20)5-2-12-18/h7-8,10-11H,2-6,9,12-13H2,1H3. The van der Waals surface area contributed by atoms with Crippen molar-refractivity contribution >= 4 is 23.4 Å². The molecule has 1 rings (SSSR count). The zero-order valence-corrected chi connectivity index (χ0v) is 13.7. The number of esters is 1. The van der Waals surface area contributed by atoms with Gasteiger partial charge in [-0.25, -0.2) is 0 Å². The van der Waals surface area contributed by atoms with Gasteiger partial charge in [-0.2, -0.15) is 0 Å². The van der Waals surface area contributed by atoms with Gasteiger partial charge in [-0.05, 0) is 37.0 Å². The van der Waals surface area contributed by atoms with Gasteiger partial charge in [0.15, 0.2) is 0 Å². The number of halogens is 1. The normalized spacial score (nSPS) is 10.3. The minimum absolute atomic E-state index is 0.188. The van der Waals surface area contributed by atoms with Crippen LogP contribution in [0.1, 0.15) is 37.7 Å². The number of hydrogen-bond acceptors (Lipinski definition) is 4. The SMILES string of the molecule is COc1ccc(CCC(=O)CCCOC(=O)CCCCl)cc1. The Morgan fingerprint density at radius 2 is 1.77 bits per heavy atom. The molecule has 0 aliphatic heterocycles. The molecule has 0 spiro atoms. The third kappa shape index (κ3) is 8.03. The first-order chi connectivity index (χ1) is 10.7. The van der Waals surface area contributed by atoms with E-state index >= 15 is 0 Å². The number of ketones is 1. The number of aryl methyl sites for hydroxylation is 1. The van der Waals surface area contributed by atoms with E-state index in [1.165, 1.54) is 0 Å². The molecule has 0 heterocycles. The molecule has 0 fully saturated rings. The van der Waals surface area contributed by atoms with Crippen LogP contribution in [0.5, 0.6) is 5.75 Å². The van der Waals surface area contributed by atoms with Gasteiger partial charge in [0.25, 0.3) is 0 Å². The molecular formula is C17H23ClO4. The monoisotopic (exact) mass is 326 g/mol. The highest BCUT2D eigenvalue weighted by Gasteiger charge is 2.05. The average Bonchev–Trinajstić information content (AvgIpc) is 2.55. The largest absolute Gasteiger partial charge is 0.497 e. The number of ether oxygens (including phenoxy) is 2. The van der Waals surface area contributed by atoms with Crippen molar-refractivity contribution in [1.82, 2.24) is 0 Å². The van der Waals surface area contributed by atoms with E-state index in [2.05, 4.69) is 0 Å². The fourth-order valence-corrected chi connectivity index (χ4v) is 2.07. The highest BCUT2D eigenvalue weighted by molar-refractivity contribution is 6.17. The minimum atomic E-state index is -0.244. The van der Waals surface area contributed by atoms with Gasteiger partial charge in [0.1, 0.15) is 11.5 Å². The third-order valence-electron chi connectivity index (χ3n) is 3.23. The molecule has 122 valence electrons. The van der Waals surface area contributed by atoms with Crippen molar-refractivity contribution in [2.45, 2.75) is 38.5 Å². The average molecular weight is 327 g/mol.